The van der Waals surface area contributed by atoms with Crippen molar-refractivity contribution in [3.05, 3.63) is 65.5 Å². The molecule has 0 amide bonds. The number of aryl methyl sites for hydroxylation is 1. The first-order chi connectivity index (χ1) is 10.5. The number of rotatable bonds is 5. The SMILES string of the molecule is Cc1cccc(CS(=O)(=O)NCc2nc3ccccc3o2)c1. The summed E-state index contributed by atoms with van der Waals surface area (Å²) in [6, 6.07) is 14.8. The van der Waals surface area contributed by atoms with E-state index in [2.05, 4.69) is 9.71 Å². The van der Waals surface area contributed by atoms with Crippen LogP contribution in [0.2, 0.25) is 0 Å². The zero-order valence-corrected chi connectivity index (χ0v) is 12.9. The Morgan fingerprint density at radius 3 is 2.73 bits per heavy atom. The molecule has 0 aliphatic heterocycles. The number of sulfonamides is 1. The molecule has 0 aliphatic rings. The molecule has 0 aliphatic carbocycles. The highest BCUT2D eigenvalue weighted by molar-refractivity contribution is 7.88. The standard InChI is InChI=1S/C16H16N2O3S/c1-12-5-4-6-13(9-12)11-22(19,20)17-10-16-18-14-7-2-3-8-15(14)21-16/h2-9,17H,10-11H2,1H3. The van der Waals surface area contributed by atoms with Crippen LogP contribution in [0.25, 0.3) is 11.1 Å². The van der Waals surface area contributed by atoms with Crippen LogP contribution in [0.15, 0.2) is 52.9 Å². The van der Waals surface area contributed by atoms with Gasteiger partial charge in [-0.05, 0) is 24.6 Å². The Hall–Kier alpha value is -2.18. The maximum absolute atomic E-state index is 12.1. The Bertz CT molecular complexity index is 867. The van der Waals surface area contributed by atoms with Gasteiger partial charge in [-0.15, -0.1) is 0 Å². The third kappa shape index (κ3) is 3.52. The van der Waals surface area contributed by atoms with Gasteiger partial charge in [0.05, 0.1) is 12.3 Å². The zero-order chi connectivity index (χ0) is 15.6. The Morgan fingerprint density at radius 1 is 1.14 bits per heavy atom. The van der Waals surface area contributed by atoms with E-state index in [4.69, 9.17) is 4.42 Å². The van der Waals surface area contributed by atoms with Crippen molar-refractivity contribution < 1.29 is 12.8 Å². The Labute approximate surface area is 129 Å². The Morgan fingerprint density at radius 2 is 1.95 bits per heavy atom. The van der Waals surface area contributed by atoms with Crippen molar-refractivity contribution in [3.63, 3.8) is 0 Å². The second-order valence-electron chi connectivity index (χ2n) is 5.14. The number of hydrogen-bond acceptors (Lipinski definition) is 4. The summed E-state index contributed by atoms with van der Waals surface area (Å²) in [5, 5.41) is 0. The summed E-state index contributed by atoms with van der Waals surface area (Å²) >= 11 is 0. The van der Waals surface area contributed by atoms with Gasteiger partial charge in [0.15, 0.2) is 5.58 Å². The van der Waals surface area contributed by atoms with Crippen LogP contribution >= 0.6 is 0 Å². The average molecular weight is 316 g/mol. The van der Waals surface area contributed by atoms with Crippen LogP contribution in [0.1, 0.15) is 17.0 Å². The third-order valence-electron chi connectivity index (χ3n) is 3.22. The van der Waals surface area contributed by atoms with Gasteiger partial charge in [0.2, 0.25) is 15.9 Å². The van der Waals surface area contributed by atoms with Gasteiger partial charge in [0.25, 0.3) is 0 Å². The van der Waals surface area contributed by atoms with E-state index in [1.807, 2.05) is 43.3 Å². The smallest absolute Gasteiger partial charge is 0.216 e. The molecule has 1 N–H and O–H groups in total. The number of fused-ring (bicyclic) bond motifs is 1. The van der Waals surface area contributed by atoms with Gasteiger partial charge in [-0.1, -0.05) is 42.0 Å². The topological polar surface area (TPSA) is 72.2 Å². The molecule has 0 fully saturated rings. The number of aromatic nitrogens is 1. The number of para-hydroxylation sites is 2. The zero-order valence-electron chi connectivity index (χ0n) is 12.1. The molecule has 22 heavy (non-hydrogen) atoms. The van der Waals surface area contributed by atoms with Crippen molar-refractivity contribution in [3.8, 4) is 0 Å². The highest BCUT2D eigenvalue weighted by atomic mass is 32.2. The molecular formula is C16H16N2O3S. The van der Waals surface area contributed by atoms with Crippen LogP contribution < -0.4 is 4.72 Å². The summed E-state index contributed by atoms with van der Waals surface area (Å²) in [7, 11) is -3.44. The largest absolute Gasteiger partial charge is 0.439 e. The number of oxazole rings is 1. The lowest BCUT2D eigenvalue weighted by atomic mass is 10.2. The summed E-state index contributed by atoms with van der Waals surface area (Å²) in [6.07, 6.45) is 0. The van der Waals surface area contributed by atoms with E-state index < -0.39 is 10.0 Å². The normalized spacial score (nSPS) is 11.9. The molecule has 1 aromatic heterocycles. The molecule has 0 radical (unpaired) electrons. The van der Waals surface area contributed by atoms with Crippen molar-refractivity contribution in [2.45, 2.75) is 19.2 Å². The van der Waals surface area contributed by atoms with E-state index in [9.17, 15) is 8.42 Å². The van der Waals surface area contributed by atoms with E-state index in [0.29, 0.717) is 11.5 Å². The number of hydrogen-bond donors (Lipinski definition) is 1. The monoisotopic (exact) mass is 316 g/mol. The molecular weight excluding hydrogens is 300 g/mol. The predicted molar refractivity (Wildman–Crippen MR) is 84.7 cm³/mol. The average Bonchev–Trinajstić information content (AvgIpc) is 2.88. The van der Waals surface area contributed by atoms with E-state index in [0.717, 1.165) is 16.6 Å². The summed E-state index contributed by atoms with van der Waals surface area (Å²) in [4.78, 5) is 4.24. The highest BCUT2D eigenvalue weighted by Gasteiger charge is 2.13. The van der Waals surface area contributed by atoms with Crippen LogP contribution in [0.3, 0.4) is 0 Å². The summed E-state index contributed by atoms with van der Waals surface area (Å²) in [6.45, 7) is 1.98. The fraction of sp³-hybridized carbons (Fsp3) is 0.188. The molecule has 0 saturated carbocycles. The molecule has 1 heterocycles. The van der Waals surface area contributed by atoms with Crippen molar-refractivity contribution in [2.75, 3.05) is 0 Å². The van der Waals surface area contributed by atoms with Crippen LogP contribution in [-0.2, 0) is 22.3 Å². The molecule has 0 unspecified atom stereocenters. The van der Waals surface area contributed by atoms with E-state index in [1.165, 1.54) is 0 Å². The Kier molecular flexibility index (Phi) is 3.96. The third-order valence-corrected chi connectivity index (χ3v) is 4.52. The quantitative estimate of drug-likeness (QED) is 0.785. The van der Waals surface area contributed by atoms with Gasteiger partial charge in [0, 0.05) is 0 Å². The maximum Gasteiger partial charge on any atom is 0.216 e. The molecule has 0 spiro atoms. The first kappa shape index (κ1) is 14.7. The van der Waals surface area contributed by atoms with Crippen molar-refractivity contribution in [1.29, 1.82) is 0 Å². The fourth-order valence-electron chi connectivity index (χ4n) is 2.24. The van der Waals surface area contributed by atoms with Gasteiger partial charge >= 0.3 is 0 Å². The van der Waals surface area contributed by atoms with Crippen molar-refractivity contribution in [2.24, 2.45) is 0 Å². The molecule has 0 bridgehead atoms. The predicted octanol–water partition coefficient (Wildman–Crippen LogP) is 2.76. The van der Waals surface area contributed by atoms with Gasteiger partial charge < -0.3 is 4.42 Å². The number of nitrogens with one attached hydrogen (secondary N) is 1. The maximum atomic E-state index is 12.1. The van der Waals surface area contributed by atoms with E-state index in [1.54, 1.807) is 12.1 Å². The summed E-state index contributed by atoms with van der Waals surface area (Å²) < 4.78 is 32.3. The van der Waals surface area contributed by atoms with Crippen LogP contribution in [0, 0.1) is 6.92 Å². The molecule has 3 rings (SSSR count). The summed E-state index contributed by atoms with van der Waals surface area (Å²) in [5.74, 6) is 0.295. The van der Waals surface area contributed by atoms with Crippen LogP contribution in [-0.4, -0.2) is 13.4 Å². The molecule has 114 valence electrons. The van der Waals surface area contributed by atoms with E-state index >= 15 is 0 Å². The van der Waals surface area contributed by atoms with Crippen LogP contribution in [0.5, 0.6) is 0 Å². The molecule has 0 atom stereocenters. The first-order valence-corrected chi connectivity index (χ1v) is 8.54. The minimum Gasteiger partial charge on any atom is -0.439 e. The Balaban J connectivity index is 1.69. The summed E-state index contributed by atoms with van der Waals surface area (Å²) in [5.41, 5.74) is 3.16. The van der Waals surface area contributed by atoms with E-state index in [-0.39, 0.29) is 12.3 Å². The second-order valence-corrected chi connectivity index (χ2v) is 6.95. The van der Waals surface area contributed by atoms with Gasteiger partial charge in [-0.2, -0.15) is 0 Å². The minimum absolute atomic E-state index is 0.0445. The first-order valence-electron chi connectivity index (χ1n) is 6.89. The lowest BCUT2D eigenvalue weighted by molar-refractivity contribution is 0.513. The lowest BCUT2D eigenvalue weighted by Gasteiger charge is -2.05. The van der Waals surface area contributed by atoms with Crippen molar-refractivity contribution >= 4 is 21.1 Å². The van der Waals surface area contributed by atoms with Gasteiger partial charge in [0.1, 0.15) is 5.52 Å². The molecule has 3 aromatic rings. The highest BCUT2D eigenvalue weighted by Crippen LogP contribution is 2.15. The van der Waals surface area contributed by atoms with Gasteiger partial charge in [-0.25, -0.2) is 18.1 Å². The lowest BCUT2D eigenvalue weighted by Crippen LogP contribution is -2.24. The minimum atomic E-state index is -3.44. The second kappa shape index (κ2) is 5.90. The molecule has 6 heteroatoms. The van der Waals surface area contributed by atoms with Crippen molar-refractivity contribution in [1.82, 2.24) is 9.71 Å². The van der Waals surface area contributed by atoms with Gasteiger partial charge in [-0.3, -0.25) is 0 Å². The number of benzene rings is 2. The molecule has 2 aromatic carbocycles. The van der Waals surface area contributed by atoms with Crippen LogP contribution in [0.4, 0.5) is 0 Å². The fourth-order valence-corrected chi connectivity index (χ4v) is 3.30. The molecule has 5 nitrogen and oxygen atoms in total. The number of nitrogens with zero attached hydrogens (tertiary/aromatic N) is 1. The molecule has 0 saturated heterocycles.